The molecule has 1 saturated carbocycles. The fraction of sp³-hybridized carbons (Fsp3) is 0.600. The van der Waals surface area contributed by atoms with Crippen molar-refractivity contribution in [3.8, 4) is 5.75 Å². The lowest BCUT2D eigenvalue weighted by molar-refractivity contribution is -0.0119. The second-order valence-electron chi connectivity index (χ2n) is 5.85. The Labute approximate surface area is 113 Å². The predicted molar refractivity (Wildman–Crippen MR) is 72.4 cm³/mol. The Balaban J connectivity index is 1.85. The van der Waals surface area contributed by atoms with Gasteiger partial charge in [-0.2, -0.15) is 0 Å². The predicted octanol–water partition coefficient (Wildman–Crippen LogP) is 2.56. The Morgan fingerprint density at radius 2 is 2.21 bits per heavy atom. The first-order chi connectivity index (χ1) is 8.97. The van der Waals surface area contributed by atoms with Crippen LogP contribution in [-0.2, 0) is 6.54 Å². The lowest BCUT2D eigenvalue weighted by atomic mass is 9.79. The standard InChI is InChI=1S/C15H22FNO2/c1-11-3-2-4-15(19,8-11)10-17-9-12-5-13(16)7-14(18)6-12/h5-7,11,17-19H,2-4,8-10H2,1H3. The number of rotatable bonds is 4. The van der Waals surface area contributed by atoms with Gasteiger partial charge in [0, 0.05) is 19.2 Å². The third-order valence-corrected chi connectivity index (χ3v) is 3.79. The third kappa shape index (κ3) is 4.18. The van der Waals surface area contributed by atoms with Crippen LogP contribution in [0.1, 0.15) is 38.2 Å². The minimum Gasteiger partial charge on any atom is -0.508 e. The van der Waals surface area contributed by atoms with Crippen LogP contribution < -0.4 is 5.32 Å². The number of nitrogens with one attached hydrogen (secondary N) is 1. The fourth-order valence-corrected chi connectivity index (χ4v) is 2.97. The number of aliphatic hydroxyl groups is 1. The van der Waals surface area contributed by atoms with Crippen LogP contribution in [0.25, 0.3) is 0 Å². The lowest BCUT2D eigenvalue weighted by Gasteiger charge is -2.35. The van der Waals surface area contributed by atoms with Crippen LogP contribution in [0.5, 0.6) is 5.75 Å². The van der Waals surface area contributed by atoms with Gasteiger partial charge in [0.2, 0.25) is 0 Å². The van der Waals surface area contributed by atoms with E-state index < -0.39 is 11.4 Å². The highest BCUT2D eigenvalue weighted by Crippen LogP contribution is 2.31. The summed E-state index contributed by atoms with van der Waals surface area (Å²) in [5, 5.41) is 22.9. The van der Waals surface area contributed by atoms with Crippen LogP contribution in [0.4, 0.5) is 4.39 Å². The molecule has 19 heavy (non-hydrogen) atoms. The number of hydrogen-bond acceptors (Lipinski definition) is 3. The molecule has 0 aliphatic heterocycles. The largest absolute Gasteiger partial charge is 0.508 e. The SMILES string of the molecule is CC1CCCC(O)(CNCc2cc(O)cc(F)c2)C1. The van der Waals surface area contributed by atoms with Gasteiger partial charge in [-0.25, -0.2) is 4.39 Å². The summed E-state index contributed by atoms with van der Waals surface area (Å²) in [7, 11) is 0. The van der Waals surface area contributed by atoms with Crippen molar-refractivity contribution >= 4 is 0 Å². The van der Waals surface area contributed by atoms with Gasteiger partial charge in [0.25, 0.3) is 0 Å². The van der Waals surface area contributed by atoms with E-state index in [0.717, 1.165) is 25.3 Å². The Morgan fingerprint density at radius 1 is 1.42 bits per heavy atom. The van der Waals surface area contributed by atoms with E-state index in [-0.39, 0.29) is 5.75 Å². The van der Waals surface area contributed by atoms with Crippen LogP contribution in [0, 0.1) is 11.7 Å². The first-order valence-electron chi connectivity index (χ1n) is 6.88. The van der Waals surface area contributed by atoms with Crippen molar-refractivity contribution in [3.63, 3.8) is 0 Å². The zero-order valence-electron chi connectivity index (χ0n) is 11.3. The average molecular weight is 267 g/mol. The van der Waals surface area contributed by atoms with Gasteiger partial charge in [-0.3, -0.25) is 0 Å². The van der Waals surface area contributed by atoms with E-state index in [1.54, 1.807) is 0 Å². The molecular weight excluding hydrogens is 245 g/mol. The monoisotopic (exact) mass is 267 g/mol. The average Bonchev–Trinajstić information content (AvgIpc) is 2.26. The number of phenols is 1. The lowest BCUT2D eigenvalue weighted by Crippen LogP contribution is -2.43. The molecule has 0 heterocycles. The molecule has 1 aromatic carbocycles. The third-order valence-electron chi connectivity index (χ3n) is 3.79. The molecule has 106 valence electrons. The Kier molecular flexibility index (Phi) is 4.42. The maximum Gasteiger partial charge on any atom is 0.127 e. The van der Waals surface area contributed by atoms with E-state index in [1.165, 1.54) is 18.6 Å². The molecule has 1 aliphatic carbocycles. The number of hydrogen-bond donors (Lipinski definition) is 3. The van der Waals surface area contributed by atoms with Crippen LogP contribution in [-0.4, -0.2) is 22.4 Å². The van der Waals surface area contributed by atoms with Gasteiger partial charge in [-0.05, 0) is 36.5 Å². The summed E-state index contributed by atoms with van der Waals surface area (Å²) in [4.78, 5) is 0. The first-order valence-corrected chi connectivity index (χ1v) is 6.88. The minimum atomic E-state index is -0.646. The van der Waals surface area contributed by atoms with Crippen molar-refractivity contribution in [2.45, 2.75) is 44.8 Å². The number of aromatic hydroxyl groups is 1. The second kappa shape index (κ2) is 5.88. The second-order valence-corrected chi connectivity index (χ2v) is 5.85. The van der Waals surface area contributed by atoms with Gasteiger partial charge in [-0.15, -0.1) is 0 Å². The summed E-state index contributed by atoms with van der Waals surface area (Å²) in [5.41, 5.74) is 0.0393. The molecule has 1 fully saturated rings. The summed E-state index contributed by atoms with van der Waals surface area (Å²) in [6, 6.07) is 4.00. The van der Waals surface area contributed by atoms with E-state index >= 15 is 0 Å². The topological polar surface area (TPSA) is 52.5 Å². The molecule has 3 N–H and O–H groups in total. The van der Waals surface area contributed by atoms with Crippen molar-refractivity contribution in [1.82, 2.24) is 5.32 Å². The smallest absolute Gasteiger partial charge is 0.127 e. The van der Waals surface area contributed by atoms with Gasteiger partial charge in [0.1, 0.15) is 11.6 Å². The summed E-state index contributed by atoms with van der Waals surface area (Å²) < 4.78 is 13.1. The van der Waals surface area contributed by atoms with Gasteiger partial charge in [0.15, 0.2) is 0 Å². The number of benzene rings is 1. The summed E-state index contributed by atoms with van der Waals surface area (Å²) in [6.07, 6.45) is 3.87. The van der Waals surface area contributed by atoms with E-state index in [0.29, 0.717) is 24.6 Å². The zero-order valence-corrected chi connectivity index (χ0v) is 11.3. The molecule has 0 bridgehead atoms. The van der Waals surface area contributed by atoms with Crippen LogP contribution >= 0.6 is 0 Å². The minimum absolute atomic E-state index is 0.0678. The van der Waals surface area contributed by atoms with E-state index in [2.05, 4.69) is 12.2 Å². The molecule has 2 unspecified atom stereocenters. The highest BCUT2D eigenvalue weighted by Gasteiger charge is 2.31. The quantitative estimate of drug-likeness (QED) is 0.786. The maximum absolute atomic E-state index is 13.1. The summed E-state index contributed by atoms with van der Waals surface area (Å²) in [6.45, 7) is 3.12. The molecule has 0 amide bonds. The van der Waals surface area contributed by atoms with Crippen molar-refractivity contribution < 1.29 is 14.6 Å². The molecule has 3 nitrogen and oxygen atoms in total. The van der Waals surface area contributed by atoms with Crippen LogP contribution in [0.2, 0.25) is 0 Å². The maximum atomic E-state index is 13.1. The summed E-state index contributed by atoms with van der Waals surface area (Å²) >= 11 is 0. The summed E-state index contributed by atoms with van der Waals surface area (Å²) in [5.74, 6) is 0.0439. The molecule has 0 saturated heterocycles. The molecule has 0 radical (unpaired) electrons. The molecule has 1 aromatic rings. The Hall–Kier alpha value is -1.13. The number of phenolic OH excluding ortho intramolecular Hbond substituents is 1. The normalized spacial score (nSPS) is 27.4. The van der Waals surface area contributed by atoms with Gasteiger partial charge >= 0.3 is 0 Å². The van der Waals surface area contributed by atoms with Crippen molar-refractivity contribution in [3.05, 3.63) is 29.6 Å². The Bertz CT molecular complexity index is 418. The molecule has 4 heteroatoms. The van der Waals surface area contributed by atoms with Crippen LogP contribution in [0.15, 0.2) is 18.2 Å². The molecular formula is C15H22FNO2. The van der Waals surface area contributed by atoms with E-state index in [9.17, 15) is 14.6 Å². The van der Waals surface area contributed by atoms with E-state index in [1.807, 2.05) is 0 Å². The van der Waals surface area contributed by atoms with E-state index in [4.69, 9.17) is 0 Å². The first kappa shape index (κ1) is 14.3. The van der Waals surface area contributed by atoms with Gasteiger partial charge < -0.3 is 15.5 Å². The van der Waals surface area contributed by atoms with Crippen molar-refractivity contribution in [2.75, 3.05) is 6.54 Å². The van der Waals surface area contributed by atoms with Crippen molar-refractivity contribution in [1.29, 1.82) is 0 Å². The highest BCUT2D eigenvalue weighted by atomic mass is 19.1. The van der Waals surface area contributed by atoms with Gasteiger partial charge in [0.05, 0.1) is 5.60 Å². The molecule has 1 aliphatic rings. The molecule has 0 spiro atoms. The highest BCUT2D eigenvalue weighted by molar-refractivity contribution is 5.28. The van der Waals surface area contributed by atoms with Gasteiger partial charge in [-0.1, -0.05) is 19.8 Å². The van der Waals surface area contributed by atoms with Crippen molar-refractivity contribution in [2.24, 2.45) is 5.92 Å². The molecule has 2 atom stereocenters. The number of halogens is 1. The Morgan fingerprint density at radius 3 is 2.89 bits per heavy atom. The molecule has 0 aromatic heterocycles. The fourth-order valence-electron chi connectivity index (χ4n) is 2.97. The zero-order chi connectivity index (χ0) is 13.9. The molecule has 2 rings (SSSR count). The van der Waals surface area contributed by atoms with Crippen LogP contribution in [0.3, 0.4) is 0 Å².